The van der Waals surface area contributed by atoms with Crippen molar-refractivity contribution in [1.29, 1.82) is 0 Å². The minimum absolute atomic E-state index is 0.154. The van der Waals surface area contributed by atoms with Crippen molar-refractivity contribution in [3.8, 4) is 0 Å². The summed E-state index contributed by atoms with van der Waals surface area (Å²) in [5, 5.41) is 0.529. The van der Waals surface area contributed by atoms with E-state index in [0.717, 1.165) is 6.42 Å². The third-order valence-corrected chi connectivity index (χ3v) is 3.64. The molecule has 5 heteroatoms. The highest BCUT2D eigenvalue weighted by Crippen LogP contribution is 2.31. The van der Waals surface area contributed by atoms with Crippen LogP contribution in [0.2, 0.25) is 5.02 Å². The maximum atomic E-state index is 13.9. The maximum absolute atomic E-state index is 13.9. The van der Waals surface area contributed by atoms with Gasteiger partial charge in [-0.2, -0.15) is 0 Å². The summed E-state index contributed by atoms with van der Waals surface area (Å²) >= 11 is 5.94. The summed E-state index contributed by atoms with van der Waals surface area (Å²) in [6.45, 7) is 4.61. The number of aliphatic imine (C=N–C) groups is 1. The highest BCUT2D eigenvalue weighted by atomic mass is 35.5. The van der Waals surface area contributed by atoms with Crippen LogP contribution in [0.25, 0.3) is 0 Å². The summed E-state index contributed by atoms with van der Waals surface area (Å²) < 4.78 is 13.9. The maximum Gasteiger partial charge on any atom is 0.192 e. The van der Waals surface area contributed by atoms with Crippen LogP contribution >= 0.6 is 11.6 Å². The average Bonchev–Trinajstić information content (AvgIpc) is 2.73. The predicted octanol–water partition coefficient (Wildman–Crippen LogP) is 2.95. The van der Waals surface area contributed by atoms with Crippen LogP contribution in [-0.4, -0.2) is 23.4 Å². The van der Waals surface area contributed by atoms with Crippen LogP contribution in [0.5, 0.6) is 0 Å². The van der Waals surface area contributed by atoms with Gasteiger partial charge >= 0.3 is 0 Å². The lowest BCUT2D eigenvalue weighted by molar-refractivity contribution is 0.263. The first-order valence-corrected chi connectivity index (χ1v) is 6.45. The number of halogens is 2. The molecule has 1 aromatic rings. The molecule has 0 saturated heterocycles. The Balaban J connectivity index is 2.36. The van der Waals surface area contributed by atoms with Crippen molar-refractivity contribution >= 4 is 17.6 Å². The summed E-state index contributed by atoms with van der Waals surface area (Å²) in [6.07, 6.45) is 0.926. The fraction of sp³-hybridized carbons (Fsp3) is 0.462. The topological polar surface area (TPSA) is 41.6 Å². The van der Waals surface area contributed by atoms with Crippen LogP contribution < -0.4 is 5.73 Å². The molecular formula is C13H17ClFN3. The molecule has 0 radical (unpaired) electrons. The van der Waals surface area contributed by atoms with E-state index in [-0.39, 0.29) is 17.9 Å². The van der Waals surface area contributed by atoms with Gasteiger partial charge in [-0.3, -0.25) is 4.99 Å². The molecule has 98 valence electrons. The van der Waals surface area contributed by atoms with Crippen LogP contribution in [0.3, 0.4) is 0 Å². The van der Waals surface area contributed by atoms with Crippen molar-refractivity contribution < 1.29 is 4.39 Å². The molecule has 2 atom stereocenters. The van der Waals surface area contributed by atoms with E-state index in [0.29, 0.717) is 23.1 Å². The summed E-state index contributed by atoms with van der Waals surface area (Å²) in [4.78, 5) is 6.19. The average molecular weight is 270 g/mol. The second-order valence-corrected chi connectivity index (χ2v) is 4.98. The molecule has 1 aliphatic heterocycles. The van der Waals surface area contributed by atoms with Crippen LogP contribution in [0.4, 0.5) is 4.39 Å². The molecule has 1 heterocycles. The van der Waals surface area contributed by atoms with E-state index in [9.17, 15) is 4.39 Å². The number of benzene rings is 1. The highest BCUT2D eigenvalue weighted by Gasteiger charge is 2.32. The van der Waals surface area contributed by atoms with Crippen molar-refractivity contribution in [2.75, 3.05) is 6.54 Å². The second-order valence-electron chi connectivity index (χ2n) is 4.55. The lowest BCUT2D eigenvalue weighted by atomic mass is 10.0. The van der Waals surface area contributed by atoms with E-state index < -0.39 is 0 Å². The van der Waals surface area contributed by atoms with Crippen LogP contribution in [0.15, 0.2) is 23.2 Å². The van der Waals surface area contributed by atoms with E-state index in [1.165, 1.54) is 6.07 Å². The fourth-order valence-corrected chi connectivity index (χ4v) is 2.44. The lowest BCUT2D eigenvalue weighted by Gasteiger charge is -2.32. The van der Waals surface area contributed by atoms with Crippen LogP contribution in [0, 0.1) is 5.82 Å². The zero-order chi connectivity index (χ0) is 13.3. The monoisotopic (exact) mass is 269 g/mol. The number of hydrogen-bond acceptors (Lipinski definition) is 3. The molecule has 2 rings (SSSR count). The number of nitrogens with zero attached hydrogens (tertiary/aromatic N) is 2. The molecule has 18 heavy (non-hydrogen) atoms. The molecular weight excluding hydrogens is 253 g/mol. The minimum atomic E-state index is -0.261. The third-order valence-electron chi connectivity index (χ3n) is 3.41. The Kier molecular flexibility index (Phi) is 3.76. The van der Waals surface area contributed by atoms with Gasteiger partial charge in [-0.15, -0.1) is 0 Å². The van der Waals surface area contributed by atoms with Crippen molar-refractivity contribution in [2.24, 2.45) is 10.7 Å². The lowest BCUT2D eigenvalue weighted by Crippen LogP contribution is -2.42. The van der Waals surface area contributed by atoms with Gasteiger partial charge in [0.25, 0.3) is 0 Å². The second kappa shape index (κ2) is 5.14. The zero-order valence-corrected chi connectivity index (χ0v) is 11.3. The number of hydrogen-bond donors (Lipinski definition) is 1. The van der Waals surface area contributed by atoms with Gasteiger partial charge in [-0.25, -0.2) is 4.39 Å². The van der Waals surface area contributed by atoms with Crippen molar-refractivity contribution in [3.05, 3.63) is 34.6 Å². The fourth-order valence-electron chi connectivity index (χ4n) is 2.26. The summed E-state index contributed by atoms with van der Waals surface area (Å²) in [5.41, 5.74) is 6.45. The van der Waals surface area contributed by atoms with Gasteiger partial charge in [0.1, 0.15) is 5.82 Å². The van der Waals surface area contributed by atoms with Crippen molar-refractivity contribution in [2.45, 2.75) is 32.4 Å². The summed E-state index contributed by atoms with van der Waals surface area (Å²) in [7, 11) is 0. The van der Waals surface area contributed by atoms with Gasteiger partial charge in [0, 0.05) is 16.6 Å². The van der Waals surface area contributed by atoms with Crippen molar-refractivity contribution in [3.63, 3.8) is 0 Å². The molecule has 3 nitrogen and oxygen atoms in total. The minimum Gasteiger partial charge on any atom is -0.370 e. The van der Waals surface area contributed by atoms with E-state index in [2.05, 4.69) is 18.8 Å². The van der Waals surface area contributed by atoms with E-state index in [1.807, 2.05) is 4.90 Å². The predicted molar refractivity (Wildman–Crippen MR) is 72.2 cm³/mol. The van der Waals surface area contributed by atoms with E-state index in [1.54, 1.807) is 12.1 Å². The van der Waals surface area contributed by atoms with Crippen molar-refractivity contribution in [1.82, 2.24) is 4.90 Å². The van der Waals surface area contributed by atoms with E-state index >= 15 is 0 Å². The largest absolute Gasteiger partial charge is 0.370 e. The Labute approximate surface area is 111 Å². The first kappa shape index (κ1) is 13.1. The molecule has 0 spiro atoms. The molecule has 1 aromatic carbocycles. The Hall–Kier alpha value is -1.29. The zero-order valence-electron chi connectivity index (χ0n) is 10.5. The number of nitrogens with two attached hydrogens (primary N) is 1. The van der Waals surface area contributed by atoms with E-state index in [4.69, 9.17) is 17.3 Å². The molecule has 2 unspecified atom stereocenters. The molecule has 2 N–H and O–H groups in total. The molecule has 0 aliphatic carbocycles. The SMILES string of the molecule is CCC(C)N1C(N)=NCC1c1cc(Cl)ccc1F. The quantitative estimate of drug-likeness (QED) is 0.917. The Morgan fingerprint density at radius 2 is 2.33 bits per heavy atom. The Morgan fingerprint density at radius 1 is 1.61 bits per heavy atom. The normalized spacial score (nSPS) is 21.0. The highest BCUT2D eigenvalue weighted by molar-refractivity contribution is 6.30. The Bertz CT molecular complexity index is 475. The molecule has 0 amide bonds. The van der Waals surface area contributed by atoms with Gasteiger partial charge in [-0.1, -0.05) is 18.5 Å². The van der Waals surface area contributed by atoms with Gasteiger partial charge in [0.2, 0.25) is 0 Å². The summed E-state index contributed by atoms with van der Waals surface area (Å²) in [6, 6.07) is 4.66. The van der Waals surface area contributed by atoms with Gasteiger partial charge in [0.15, 0.2) is 5.96 Å². The Morgan fingerprint density at radius 3 is 3.00 bits per heavy atom. The van der Waals surface area contributed by atoms with Gasteiger partial charge < -0.3 is 10.6 Å². The molecule has 1 aliphatic rings. The smallest absolute Gasteiger partial charge is 0.192 e. The standard InChI is InChI=1S/C13H17ClFN3/c1-3-8(2)18-12(7-17-13(18)16)10-6-9(14)4-5-11(10)15/h4-6,8,12H,3,7H2,1-2H3,(H2,16,17). The molecule has 0 saturated carbocycles. The van der Waals surface area contributed by atoms with Crippen LogP contribution in [-0.2, 0) is 0 Å². The number of rotatable bonds is 3. The third kappa shape index (κ3) is 2.29. The molecule has 0 bridgehead atoms. The summed E-state index contributed by atoms with van der Waals surface area (Å²) in [5.74, 6) is 0.219. The first-order valence-electron chi connectivity index (χ1n) is 6.07. The number of guanidine groups is 1. The molecule has 0 fully saturated rings. The van der Waals surface area contributed by atoms with Gasteiger partial charge in [0.05, 0.1) is 12.6 Å². The van der Waals surface area contributed by atoms with Crippen LogP contribution in [0.1, 0.15) is 31.9 Å². The first-order chi connectivity index (χ1) is 8.54. The molecule has 0 aromatic heterocycles. The van der Waals surface area contributed by atoms with Gasteiger partial charge in [-0.05, 0) is 31.5 Å².